The average molecular weight is 343 g/mol. The summed E-state index contributed by atoms with van der Waals surface area (Å²) in [5.41, 5.74) is 0. The van der Waals surface area contributed by atoms with Gasteiger partial charge in [-0.15, -0.1) is 11.8 Å². The monoisotopic (exact) mass is 342 g/mol. The van der Waals surface area contributed by atoms with Gasteiger partial charge in [0, 0.05) is 6.61 Å². The van der Waals surface area contributed by atoms with Crippen LogP contribution >= 0.6 is 11.8 Å². The second kappa shape index (κ2) is 8.01. The van der Waals surface area contributed by atoms with E-state index in [4.69, 9.17) is 14.2 Å². The lowest BCUT2D eigenvalue weighted by Gasteiger charge is -2.24. The zero-order chi connectivity index (χ0) is 17.0. The Balaban J connectivity index is 1.98. The van der Waals surface area contributed by atoms with Crippen LogP contribution in [0.15, 0.2) is 17.4 Å². The summed E-state index contributed by atoms with van der Waals surface area (Å²) in [4.78, 5) is 4.54. The van der Waals surface area contributed by atoms with Crippen molar-refractivity contribution in [3.8, 4) is 0 Å². The van der Waals surface area contributed by atoms with Gasteiger partial charge in [0.25, 0.3) is 0 Å². The first-order valence-corrected chi connectivity index (χ1v) is 9.45. The van der Waals surface area contributed by atoms with Crippen molar-refractivity contribution in [1.29, 1.82) is 0 Å². The fourth-order valence-corrected chi connectivity index (χ4v) is 3.85. The minimum Gasteiger partial charge on any atom is -0.376 e. The van der Waals surface area contributed by atoms with Gasteiger partial charge in [-0.05, 0) is 46.3 Å². The predicted molar refractivity (Wildman–Crippen MR) is 95.8 cm³/mol. The van der Waals surface area contributed by atoms with Crippen LogP contribution in [-0.4, -0.2) is 47.5 Å². The summed E-state index contributed by atoms with van der Waals surface area (Å²) in [6.07, 6.45) is 1.97. The van der Waals surface area contributed by atoms with Gasteiger partial charge in [0.1, 0.15) is 18.0 Å². The molecule has 1 aliphatic heterocycles. The molecule has 1 saturated heterocycles. The first-order valence-electron chi connectivity index (χ1n) is 8.47. The predicted octanol–water partition coefficient (Wildman–Crippen LogP) is 3.31. The molecular weight excluding hydrogens is 312 g/mol. The van der Waals surface area contributed by atoms with Crippen LogP contribution in [0.2, 0.25) is 0 Å². The Morgan fingerprint density at radius 1 is 1.35 bits per heavy atom. The number of thioether (sulfide) groups is 1. The van der Waals surface area contributed by atoms with Gasteiger partial charge in [0.2, 0.25) is 0 Å². The molecule has 23 heavy (non-hydrogen) atoms. The molecule has 132 valence electrons. The molecular formula is C17H30N2O3S. The molecule has 0 aromatic rings. The topological polar surface area (TPSA) is 52.1 Å². The van der Waals surface area contributed by atoms with Crippen molar-refractivity contribution in [2.45, 2.75) is 77.6 Å². The van der Waals surface area contributed by atoms with Crippen LogP contribution in [-0.2, 0) is 14.2 Å². The van der Waals surface area contributed by atoms with Crippen molar-refractivity contribution in [2.24, 2.45) is 4.99 Å². The molecule has 2 rings (SSSR count). The molecule has 2 aliphatic rings. The van der Waals surface area contributed by atoms with E-state index in [-0.39, 0.29) is 24.4 Å². The number of fused-ring (bicyclic) bond motifs is 1. The summed E-state index contributed by atoms with van der Waals surface area (Å²) in [7, 11) is 0. The van der Waals surface area contributed by atoms with Crippen molar-refractivity contribution >= 4 is 16.8 Å². The first-order chi connectivity index (χ1) is 10.9. The van der Waals surface area contributed by atoms with Crippen LogP contribution in [0.3, 0.4) is 0 Å². The van der Waals surface area contributed by atoms with Crippen LogP contribution in [0.25, 0.3) is 0 Å². The largest absolute Gasteiger partial charge is 0.376 e. The van der Waals surface area contributed by atoms with Crippen LogP contribution in [0.4, 0.5) is 0 Å². The number of ether oxygens (including phenoxy) is 3. The fraction of sp³-hybridized carbons (Fsp3) is 0.824. The quantitative estimate of drug-likeness (QED) is 0.568. The highest BCUT2D eigenvalue weighted by atomic mass is 32.2. The molecule has 4 atom stereocenters. The van der Waals surface area contributed by atoms with Gasteiger partial charge in [-0.25, -0.2) is 4.99 Å². The van der Waals surface area contributed by atoms with Gasteiger partial charge in [0.05, 0.1) is 17.2 Å². The molecule has 0 amide bonds. The highest BCUT2D eigenvalue weighted by Crippen LogP contribution is 2.40. The van der Waals surface area contributed by atoms with Gasteiger partial charge in [-0.1, -0.05) is 13.5 Å². The van der Waals surface area contributed by atoms with Gasteiger partial charge >= 0.3 is 0 Å². The maximum atomic E-state index is 6.07. The Hall–Kier alpha value is -0.560. The van der Waals surface area contributed by atoms with Gasteiger partial charge in [-0.2, -0.15) is 0 Å². The number of hydrogen-bond donors (Lipinski definition) is 1. The summed E-state index contributed by atoms with van der Waals surface area (Å²) in [6, 6.07) is 0.110. The van der Waals surface area contributed by atoms with E-state index in [1.807, 2.05) is 27.7 Å². The lowest BCUT2D eigenvalue weighted by Crippen LogP contribution is -2.39. The molecule has 1 aliphatic carbocycles. The highest BCUT2D eigenvalue weighted by molar-refractivity contribution is 8.13. The molecule has 0 aromatic carbocycles. The molecule has 0 spiro atoms. The van der Waals surface area contributed by atoms with E-state index in [9.17, 15) is 0 Å². The molecule has 0 aromatic heterocycles. The highest BCUT2D eigenvalue weighted by Gasteiger charge is 2.54. The zero-order valence-electron chi connectivity index (χ0n) is 14.9. The van der Waals surface area contributed by atoms with Crippen molar-refractivity contribution in [1.82, 2.24) is 5.32 Å². The second-order valence-corrected chi connectivity index (χ2v) is 7.76. The normalized spacial score (nSPS) is 32.8. The van der Waals surface area contributed by atoms with Crippen LogP contribution in [0.1, 0.15) is 47.5 Å². The summed E-state index contributed by atoms with van der Waals surface area (Å²) in [5, 5.41) is 4.44. The van der Waals surface area contributed by atoms with Crippen molar-refractivity contribution in [3.63, 3.8) is 0 Å². The average Bonchev–Trinajstić information content (AvgIpc) is 2.92. The number of rotatable bonds is 7. The molecule has 1 saturated carbocycles. The minimum absolute atomic E-state index is 0.0305. The Morgan fingerprint density at radius 2 is 2.04 bits per heavy atom. The molecule has 1 N–H and O–H groups in total. The third-order valence-electron chi connectivity index (χ3n) is 3.95. The fourth-order valence-electron chi connectivity index (χ4n) is 3.17. The maximum absolute atomic E-state index is 6.07. The zero-order valence-corrected chi connectivity index (χ0v) is 15.7. The molecule has 1 heterocycles. The lowest BCUT2D eigenvalue weighted by atomic mass is 10.2. The molecule has 6 heteroatoms. The first kappa shape index (κ1) is 18.8. The van der Waals surface area contributed by atoms with Crippen molar-refractivity contribution in [3.05, 3.63) is 12.4 Å². The number of nitrogens with zero attached hydrogens (tertiary/aromatic N) is 1. The maximum Gasteiger partial charge on any atom is 0.164 e. The third-order valence-corrected chi connectivity index (χ3v) is 5.07. The Bertz CT molecular complexity index is 453. The van der Waals surface area contributed by atoms with Crippen LogP contribution in [0.5, 0.6) is 0 Å². The molecule has 2 fully saturated rings. The summed E-state index contributed by atoms with van der Waals surface area (Å²) in [6.45, 7) is 14.8. The van der Waals surface area contributed by atoms with E-state index in [1.165, 1.54) is 0 Å². The molecule has 4 unspecified atom stereocenters. The SMILES string of the molecule is C=C(N=C(C)SCCC)NC1CC(OCC)C2OC(C)(C)OC12. The standard InChI is InChI=1S/C17H30N2O3S/c1-7-9-23-12(4)18-11(3)19-13-10-14(20-8-2)16-15(13)21-17(5,6)22-16/h13-16,19H,3,7-10H2,1-2,4-6H3. The van der Waals surface area contributed by atoms with Crippen molar-refractivity contribution in [2.75, 3.05) is 12.4 Å². The number of hydrogen-bond acceptors (Lipinski definition) is 6. The Kier molecular flexibility index (Phi) is 6.54. The molecule has 5 nitrogen and oxygen atoms in total. The summed E-state index contributed by atoms with van der Waals surface area (Å²) < 4.78 is 17.9. The summed E-state index contributed by atoms with van der Waals surface area (Å²) in [5.74, 6) is 1.19. The third kappa shape index (κ3) is 4.95. The molecule has 0 bridgehead atoms. The van der Waals surface area contributed by atoms with E-state index < -0.39 is 5.79 Å². The number of nitrogens with one attached hydrogen (secondary N) is 1. The second-order valence-electron chi connectivity index (χ2n) is 6.47. The Labute approximate surface area is 144 Å². The smallest absolute Gasteiger partial charge is 0.164 e. The van der Waals surface area contributed by atoms with Gasteiger partial charge < -0.3 is 19.5 Å². The van der Waals surface area contributed by atoms with Crippen molar-refractivity contribution < 1.29 is 14.2 Å². The van der Waals surface area contributed by atoms with E-state index in [0.717, 1.165) is 23.6 Å². The Morgan fingerprint density at radius 3 is 2.70 bits per heavy atom. The number of aliphatic imine (C=N–C) groups is 1. The van der Waals surface area contributed by atoms with Gasteiger partial charge in [-0.3, -0.25) is 0 Å². The van der Waals surface area contributed by atoms with Crippen LogP contribution in [0, 0.1) is 0 Å². The molecule has 0 radical (unpaired) electrons. The minimum atomic E-state index is -0.567. The van der Waals surface area contributed by atoms with Crippen LogP contribution < -0.4 is 5.32 Å². The van der Waals surface area contributed by atoms with E-state index in [2.05, 4.69) is 23.8 Å². The van der Waals surface area contributed by atoms with Gasteiger partial charge in [0.15, 0.2) is 5.79 Å². The van der Waals surface area contributed by atoms with E-state index >= 15 is 0 Å². The lowest BCUT2D eigenvalue weighted by molar-refractivity contribution is -0.168. The van der Waals surface area contributed by atoms with E-state index in [0.29, 0.717) is 12.4 Å². The van der Waals surface area contributed by atoms with E-state index in [1.54, 1.807) is 11.8 Å². The summed E-state index contributed by atoms with van der Waals surface area (Å²) >= 11 is 1.76.